The summed E-state index contributed by atoms with van der Waals surface area (Å²) >= 11 is 0. The van der Waals surface area contributed by atoms with Crippen molar-refractivity contribution in [1.82, 2.24) is 5.32 Å². The molecule has 0 amide bonds. The molecule has 5 nitrogen and oxygen atoms in total. The molecule has 0 saturated carbocycles. The molecule has 0 aromatic heterocycles. The van der Waals surface area contributed by atoms with Crippen LogP contribution in [-0.4, -0.2) is 33.0 Å². The van der Waals surface area contributed by atoms with Crippen LogP contribution in [-0.2, 0) is 13.0 Å². The lowest BCUT2D eigenvalue weighted by atomic mass is 10.1. The highest BCUT2D eigenvalue weighted by Gasteiger charge is 2.08. The predicted octanol–water partition coefficient (Wildman–Crippen LogP) is 5.93. The monoisotopic (exact) mass is 483 g/mol. The van der Waals surface area contributed by atoms with Crippen molar-refractivity contribution in [2.45, 2.75) is 13.0 Å². The van der Waals surface area contributed by atoms with E-state index in [0.717, 1.165) is 41.5 Å². The topological polar surface area (TPSA) is 49.0 Å². The van der Waals surface area contributed by atoms with Crippen molar-refractivity contribution < 1.29 is 18.9 Å². The number of nitrogens with one attached hydrogen (secondary N) is 1. The summed E-state index contributed by atoms with van der Waals surface area (Å²) in [4.78, 5) is 0. The Kier molecular flexibility index (Phi) is 10.1. The highest BCUT2D eigenvalue weighted by molar-refractivity contribution is 5.41. The Morgan fingerprint density at radius 3 is 1.64 bits per heavy atom. The van der Waals surface area contributed by atoms with Gasteiger partial charge in [0.1, 0.15) is 49.4 Å². The van der Waals surface area contributed by atoms with Crippen molar-refractivity contribution in [3.63, 3.8) is 0 Å². The maximum atomic E-state index is 6.11. The molecular formula is C31H33NO4. The number of para-hydroxylation sites is 2. The third-order valence-electron chi connectivity index (χ3n) is 5.50. The number of hydrogen-bond donors (Lipinski definition) is 1. The second kappa shape index (κ2) is 14.4. The van der Waals surface area contributed by atoms with E-state index in [-0.39, 0.29) is 0 Å². The molecule has 0 bridgehead atoms. The lowest BCUT2D eigenvalue weighted by Crippen LogP contribution is -2.18. The number of rotatable bonds is 15. The van der Waals surface area contributed by atoms with Gasteiger partial charge in [-0.2, -0.15) is 0 Å². The van der Waals surface area contributed by atoms with Gasteiger partial charge in [0.05, 0.1) is 0 Å². The summed E-state index contributed by atoms with van der Waals surface area (Å²) in [6.07, 6.45) is 0.977. The van der Waals surface area contributed by atoms with Crippen LogP contribution in [0.2, 0.25) is 0 Å². The second-order valence-electron chi connectivity index (χ2n) is 8.20. The molecule has 1 N–H and O–H groups in total. The molecule has 0 saturated heterocycles. The van der Waals surface area contributed by atoms with Gasteiger partial charge >= 0.3 is 0 Å². The maximum Gasteiger partial charge on any atom is 0.127 e. The van der Waals surface area contributed by atoms with Gasteiger partial charge < -0.3 is 24.3 Å². The molecule has 4 rings (SSSR count). The van der Waals surface area contributed by atoms with Crippen LogP contribution in [0.4, 0.5) is 0 Å². The van der Waals surface area contributed by atoms with Crippen LogP contribution in [0.5, 0.6) is 23.0 Å². The minimum Gasteiger partial charge on any atom is -0.490 e. The first kappa shape index (κ1) is 25.1. The minimum absolute atomic E-state index is 0.437. The fourth-order valence-electron chi connectivity index (χ4n) is 3.67. The largest absolute Gasteiger partial charge is 0.490 e. The van der Waals surface area contributed by atoms with Crippen LogP contribution in [0.1, 0.15) is 11.1 Å². The van der Waals surface area contributed by atoms with E-state index in [4.69, 9.17) is 18.9 Å². The van der Waals surface area contributed by atoms with E-state index < -0.39 is 0 Å². The third-order valence-corrected chi connectivity index (χ3v) is 5.50. The quantitative estimate of drug-likeness (QED) is 0.212. The molecule has 36 heavy (non-hydrogen) atoms. The van der Waals surface area contributed by atoms with Gasteiger partial charge in [0.25, 0.3) is 0 Å². The molecule has 0 aliphatic heterocycles. The van der Waals surface area contributed by atoms with Gasteiger partial charge in [0, 0.05) is 18.2 Å². The highest BCUT2D eigenvalue weighted by Crippen LogP contribution is 2.25. The van der Waals surface area contributed by atoms with Crippen molar-refractivity contribution >= 4 is 0 Å². The summed E-state index contributed by atoms with van der Waals surface area (Å²) in [6, 6.07) is 36.0. The molecule has 186 valence electrons. The second-order valence-corrected chi connectivity index (χ2v) is 8.20. The first-order valence-electron chi connectivity index (χ1n) is 12.4. The minimum atomic E-state index is 0.437. The molecular weight excluding hydrogens is 450 g/mol. The van der Waals surface area contributed by atoms with E-state index in [9.17, 15) is 0 Å². The van der Waals surface area contributed by atoms with E-state index >= 15 is 0 Å². The van der Waals surface area contributed by atoms with Gasteiger partial charge in [0.2, 0.25) is 0 Å². The smallest absolute Gasteiger partial charge is 0.127 e. The Balaban J connectivity index is 1.29. The Labute approximate surface area is 213 Å². The van der Waals surface area contributed by atoms with Crippen LogP contribution in [0, 0.1) is 0 Å². The zero-order valence-corrected chi connectivity index (χ0v) is 20.5. The van der Waals surface area contributed by atoms with Crippen molar-refractivity contribution in [2.24, 2.45) is 0 Å². The van der Waals surface area contributed by atoms with Crippen LogP contribution in [0.15, 0.2) is 109 Å². The number of benzene rings is 4. The molecule has 0 heterocycles. The average Bonchev–Trinajstić information content (AvgIpc) is 2.94. The van der Waals surface area contributed by atoms with E-state index in [1.54, 1.807) is 0 Å². The van der Waals surface area contributed by atoms with Crippen molar-refractivity contribution in [3.05, 3.63) is 120 Å². The van der Waals surface area contributed by atoms with E-state index in [0.29, 0.717) is 33.0 Å². The van der Waals surface area contributed by atoms with Gasteiger partial charge in [0.15, 0.2) is 0 Å². The third kappa shape index (κ3) is 8.67. The molecule has 0 aliphatic carbocycles. The first-order valence-corrected chi connectivity index (χ1v) is 12.4. The van der Waals surface area contributed by atoms with Gasteiger partial charge in [-0.25, -0.2) is 0 Å². The molecule has 0 spiro atoms. The van der Waals surface area contributed by atoms with Gasteiger partial charge in [-0.3, -0.25) is 0 Å². The zero-order valence-electron chi connectivity index (χ0n) is 20.5. The number of ether oxygens (including phenoxy) is 4. The summed E-state index contributed by atoms with van der Waals surface area (Å²) in [5, 5.41) is 3.52. The summed E-state index contributed by atoms with van der Waals surface area (Å²) in [5.41, 5.74) is 2.40. The average molecular weight is 484 g/mol. The SMILES string of the molecule is c1ccc(CCNCc2ccc(OCCOc3ccccc3)cc2OCCOc2ccccc2)cc1. The Hall–Kier alpha value is -3.96. The van der Waals surface area contributed by atoms with Crippen LogP contribution < -0.4 is 24.3 Å². The summed E-state index contributed by atoms with van der Waals surface area (Å²) < 4.78 is 23.5. The molecule has 0 aliphatic rings. The Morgan fingerprint density at radius 1 is 0.500 bits per heavy atom. The van der Waals surface area contributed by atoms with Crippen LogP contribution >= 0.6 is 0 Å². The normalized spacial score (nSPS) is 10.6. The standard InChI is InChI=1S/C31H33NO4/c1-4-10-26(11-5-1)18-19-32-25-27-16-17-30(35-21-20-33-28-12-6-2-7-13-28)24-31(27)36-23-22-34-29-14-8-3-9-15-29/h1-17,24,32H,18-23,25H2. The number of hydrogen-bond acceptors (Lipinski definition) is 5. The van der Waals surface area contributed by atoms with Gasteiger partial charge in [-0.05, 0) is 48.9 Å². The Morgan fingerprint density at radius 2 is 1.03 bits per heavy atom. The predicted molar refractivity (Wildman–Crippen MR) is 143 cm³/mol. The summed E-state index contributed by atoms with van der Waals surface area (Å²) in [5.74, 6) is 3.21. The van der Waals surface area contributed by atoms with E-state index in [1.165, 1.54) is 5.56 Å². The van der Waals surface area contributed by atoms with Gasteiger partial charge in [-0.15, -0.1) is 0 Å². The molecule has 0 unspecified atom stereocenters. The van der Waals surface area contributed by atoms with Crippen LogP contribution in [0.3, 0.4) is 0 Å². The van der Waals surface area contributed by atoms with Crippen LogP contribution in [0.25, 0.3) is 0 Å². The Bertz CT molecular complexity index is 1140. The van der Waals surface area contributed by atoms with Crippen molar-refractivity contribution in [3.8, 4) is 23.0 Å². The molecule has 0 atom stereocenters. The lowest BCUT2D eigenvalue weighted by Gasteiger charge is -2.15. The maximum absolute atomic E-state index is 6.11. The summed E-state index contributed by atoms with van der Waals surface area (Å²) in [7, 11) is 0. The molecule has 4 aromatic rings. The van der Waals surface area contributed by atoms with E-state index in [2.05, 4.69) is 35.6 Å². The fraction of sp³-hybridized carbons (Fsp3) is 0.226. The summed E-state index contributed by atoms with van der Waals surface area (Å²) in [6.45, 7) is 3.40. The first-order chi connectivity index (χ1) is 17.9. The molecule has 4 aromatic carbocycles. The highest BCUT2D eigenvalue weighted by atomic mass is 16.5. The molecule has 0 radical (unpaired) electrons. The zero-order chi connectivity index (χ0) is 24.7. The van der Waals surface area contributed by atoms with Crippen molar-refractivity contribution in [1.29, 1.82) is 0 Å². The van der Waals surface area contributed by atoms with Gasteiger partial charge in [-0.1, -0.05) is 72.8 Å². The van der Waals surface area contributed by atoms with Crippen molar-refractivity contribution in [2.75, 3.05) is 33.0 Å². The molecule has 5 heteroatoms. The lowest BCUT2D eigenvalue weighted by molar-refractivity contribution is 0.209. The van der Waals surface area contributed by atoms with E-state index in [1.807, 2.05) is 78.9 Å². The fourth-order valence-corrected chi connectivity index (χ4v) is 3.67. The molecule has 0 fully saturated rings.